The standard InChI is InChI=1S/C30H44FN3O5S/c1-6-14-34(27(36)15-20(5)7-2)25(19(3)4)17-26(35)30-33-24(18-40-30)29(39)32-23(12-13-28(37)38)16-21-8-10-22(31)11-9-21/h8-11,18-20,23,25-26,35H,6-7,12-17H2,1-5H3,(H,32,39)(H,37,38)/t20-,23?,25?,26?/m0/s1. The number of rotatable bonds is 17. The molecule has 0 bridgehead atoms. The van der Waals surface area contributed by atoms with Gasteiger partial charge in [-0.15, -0.1) is 11.3 Å². The summed E-state index contributed by atoms with van der Waals surface area (Å²) in [6.45, 7) is 10.9. The number of carboxylic acids is 1. The summed E-state index contributed by atoms with van der Waals surface area (Å²) in [5.41, 5.74) is 0.906. The smallest absolute Gasteiger partial charge is 0.303 e. The third-order valence-electron chi connectivity index (χ3n) is 7.12. The maximum Gasteiger partial charge on any atom is 0.303 e. The number of carbonyl (C=O) groups excluding carboxylic acids is 2. The van der Waals surface area contributed by atoms with Gasteiger partial charge in [-0.1, -0.05) is 53.2 Å². The fourth-order valence-electron chi connectivity index (χ4n) is 4.60. The molecule has 0 aliphatic rings. The second-order valence-electron chi connectivity index (χ2n) is 10.9. The summed E-state index contributed by atoms with van der Waals surface area (Å²) < 4.78 is 13.3. The molecule has 3 N–H and O–H groups in total. The van der Waals surface area contributed by atoms with Crippen LogP contribution in [0.25, 0.3) is 0 Å². The van der Waals surface area contributed by atoms with Crippen molar-refractivity contribution in [1.29, 1.82) is 0 Å². The summed E-state index contributed by atoms with van der Waals surface area (Å²) in [6, 6.07) is 5.19. The van der Waals surface area contributed by atoms with E-state index < -0.39 is 24.0 Å². The molecule has 0 spiro atoms. The normalized spacial score (nSPS) is 14.4. The van der Waals surface area contributed by atoms with Crippen LogP contribution in [-0.2, 0) is 16.0 Å². The number of aliphatic hydroxyl groups is 1. The first-order chi connectivity index (χ1) is 18.9. The monoisotopic (exact) mass is 577 g/mol. The summed E-state index contributed by atoms with van der Waals surface area (Å²) in [5.74, 6) is -1.32. The highest BCUT2D eigenvalue weighted by Gasteiger charge is 2.30. The Bertz CT molecular complexity index is 1090. The second kappa shape index (κ2) is 16.4. The molecule has 10 heteroatoms. The number of nitrogens with one attached hydrogen (secondary N) is 1. The molecule has 8 nitrogen and oxygen atoms in total. The molecule has 0 aliphatic carbocycles. The first-order valence-corrected chi connectivity index (χ1v) is 15.0. The molecule has 2 rings (SSSR count). The zero-order chi connectivity index (χ0) is 29.8. The molecular formula is C30H44FN3O5S. The summed E-state index contributed by atoms with van der Waals surface area (Å²) in [5, 5.41) is 25.0. The Balaban J connectivity index is 2.13. The van der Waals surface area contributed by atoms with Crippen LogP contribution in [0.4, 0.5) is 4.39 Å². The van der Waals surface area contributed by atoms with Gasteiger partial charge in [0.15, 0.2) is 0 Å². The minimum atomic E-state index is -0.975. The Morgan fingerprint density at radius 1 is 1.12 bits per heavy atom. The number of aromatic nitrogens is 1. The fraction of sp³-hybridized carbons (Fsp3) is 0.600. The van der Waals surface area contributed by atoms with Gasteiger partial charge in [0.05, 0.1) is 0 Å². The largest absolute Gasteiger partial charge is 0.481 e. The van der Waals surface area contributed by atoms with Crippen molar-refractivity contribution in [3.05, 3.63) is 51.7 Å². The molecule has 1 aromatic heterocycles. The lowest BCUT2D eigenvalue weighted by Gasteiger charge is -2.36. The number of hydrogen-bond donors (Lipinski definition) is 3. The highest BCUT2D eigenvalue weighted by molar-refractivity contribution is 7.09. The van der Waals surface area contributed by atoms with Gasteiger partial charge in [-0.25, -0.2) is 9.37 Å². The van der Waals surface area contributed by atoms with Gasteiger partial charge in [0, 0.05) is 43.3 Å². The van der Waals surface area contributed by atoms with E-state index in [9.17, 15) is 23.9 Å². The molecule has 40 heavy (non-hydrogen) atoms. The summed E-state index contributed by atoms with van der Waals surface area (Å²) in [7, 11) is 0. The number of thiazole rings is 1. The highest BCUT2D eigenvalue weighted by Crippen LogP contribution is 2.28. The number of benzene rings is 1. The van der Waals surface area contributed by atoms with E-state index in [0.29, 0.717) is 30.8 Å². The van der Waals surface area contributed by atoms with Crippen LogP contribution in [0, 0.1) is 17.7 Å². The summed E-state index contributed by atoms with van der Waals surface area (Å²) >= 11 is 1.18. The number of halogens is 1. The minimum absolute atomic E-state index is 0.0925. The van der Waals surface area contributed by atoms with Crippen molar-refractivity contribution in [1.82, 2.24) is 15.2 Å². The molecule has 0 aliphatic heterocycles. The number of carbonyl (C=O) groups is 3. The van der Waals surface area contributed by atoms with Crippen molar-refractivity contribution in [2.45, 2.75) is 97.8 Å². The van der Waals surface area contributed by atoms with E-state index in [1.54, 1.807) is 17.5 Å². The van der Waals surface area contributed by atoms with Crippen LogP contribution in [0.1, 0.15) is 100 Å². The Morgan fingerprint density at radius 2 is 1.80 bits per heavy atom. The van der Waals surface area contributed by atoms with Crippen LogP contribution in [0.5, 0.6) is 0 Å². The third-order valence-corrected chi connectivity index (χ3v) is 8.06. The first kappa shape index (κ1) is 33.4. The molecule has 222 valence electrons. The number of amides is 2. The van der Waals surface area contributed by atoms with E-state index in [1.165, 1.54) is 23.5 Å². The first-order valence-electron chi connectivity index (χ1n) is 14.1. The molecule has 4 atom stereocenters. The van der Waals surface area contributed by atoms with Crippen LogP contribution < -0.4 is 5.32 Å². The zero-order valence-electron chi connectivity index (χ0n) is 24.2. The Hall–Kier alpha value is -2.85. The number of hydrogen-bond acceptors (Lipinski definition) is 6. The average Bonchev–Trinajstić information content (AvgIpc) is 3.41. The van der Waals surface area contributed by atoms with Gasteiger partial charge in [-0.3, -0.25) is 14.4 Å². The Labute approximate surface area is 241 Å². The van der Waals surface area contributed by atoms with Gasteiger partial charge in [0.1, 0.15) is 22.6 Å². The molecule has 0 fully saturated rings. The maximum atomic E-state index is 13.3. The molecule has 0 saturated heterocycles. The van der Waals surface area contributed by atoms with Crippen molar-refractivity contribution >= 4 is 29.1 Å². The number of carboxylic acid groups (broad SMARTS) is 1. The van der Waals surface area contributed by atoms with Gasteiger partial charge in [0.2, 0.25) is 5.91 Å². The lowest BCUT2D eigenvalue weighted by atomic mass is 9.94. The SMILES string of the molecule is CCCN(C(=O)C[C@@H](C)CC)C(CC(O)c1nc(C(=O)NC(CCC(=O)O)Cc2ccc(F)cc2)cs1)C(C)C. The van der Waals surface area contributed by atoms with Crippen LogP contribution >= 0.6 is 11.3 Å². The van der Waals surface area contributed by atoms with Gasteiger partial charge in [-0.2, -0.15) is 0 Å². The van der Waals surface area contributed by atoms with Crippen molar-refractivity contribution in [2.24, 2.45) is 11.8 Å². The lowest BCUT2D eigenvalue weighted by Crippen LogP contribution is -2.45. The van der Waals surface area contributed by atoms with Gasteiger partial charge < -0.3 is 20.4 Å². The maximum absolute atomic E-state index is 13.3. The number of aliphatic hydroxyl groups excluding tert-OH is 1. The number of aliphatic carboxylic acids is 1. The zero-order valence-corrected chi connectivity index (χ0v) is 25.0. The van der Waals surface area contributed by atoms with Crippen molar-refractivity contribution in [2.75, 3.05) is 6.54 Å². The molecule has 1 heterocycles. The molecule has 2 amide bonds. The van der Waals surface area contributed by atoms with E-state index in [1.807, 2.05) is 25.7 Å². The molecule has 0 radical (unpaired) electrons. The van der Waals surface area contributed by atoms with E-state index in [-0.39, 0.29) is 48.1 Å². The summed E-state index contributed by atoms with van der Waals surface area (Å²) in [4.78, 5) is 43.6. The van der Waals surface area contributed by atoms with Crippen LogP contribution in [0.3, 0.4) is 0 Å². The van der Waals surface area contributed by atoms with Crippen LogP contribution in [0.2, 0.25) is 0 Å². The molecule has 3 unspecified atom stereocenters. The molecule has 0 saturated carbocycles. The topological polar surface area (TPSA) is 120 Å². The highest BCUT2D eigenvalue weighted by atomic mass is 32.1. The van der Waals surface area contributed by atoms with E-state index >= 15 is 0 Å². The molecule has 2 aromatic rings. The second-order valence-corrected chi connectivity index (χ2v) is 11.8. The summed E-state index contributed by atoms with van der Waals surface area (Å²) in [6.07, 6.45) is 1.98. The van der Waals surface area contributed by atoms with E-state index in [0.717, 1.165) is 18.4 Å². The quantitative estimate of drug-likeness (QED) is 0.225. The van der Waals surface area contributed by atoms with Crippen molar-refractivity contribution < 1.29 is 29.0 Å². The number of nitrogens with zero attached hydrogens (tertiary/aromatic N) is 2. The Kier molecular flexibility index (Phi) is 13.7. The fourth-order valence-corrected chi connectivity index (χ4v) is 5.39. The van der Waals surface area contributed by atoms with E-state index in [2.05, 4.69) is 24.1 Å². The predicted octanol–water partition coefficient (Wildman–Crippen LogP) is 5.61. The average molecular weight is 578 g/mol. The van der Waals surface area contributed by atoms with Crippen LogP contribution in [-0.4, -0.2) is 56.5 Å². The minimum Gasteiger partial charge on any atom is -0.481 e. The predicted molar refractivity (Wildman–Crippen MR) is 155 cm³/mol. The molecular weight excluding hydrogens is 533 g/mol. The van der Waals surface area contributed by atoms with E-state index in [4.69, 9.17) is 5.11 Å². The van der Waals surface area contributed by atoms with Gasteiger partial charge in [-0.05, 0) is 48.8 Å². The molecule has 1 aromatic carbocycles. The van der Waals surface area contributed by atoms with Crippen molar-refractivity contribution in [3.8, 4) is 0 Å². The van der Waals surface area contributed by atoms with Crippen molar-refractivity contribution in [3.63, 3.8) is 0 Å². The Morgan fingerprint density at radius 3 is 2.38 bits per heavy atom. The third kappa shape index (κ3) is 10.6. The van der Waals surface area contributed by atoms with Crippen LogP contribution in [0.15, 0.2) is 29.6 Å². The van der Waals surface area contributed by atoms with Gasteiger partial charge in [0.25, 0.3) is 5.91 Å². The van der Waals surface area contributed by atoms with Gasteiger partial charge >= 0.3 is 5.97 Å². The lowest BCUT2D eigenvalue weighted by molar-refractivity contribution is -0.137.